The van der Waals surface area contributed by atoms with E-state index in [0.29, 0.717) is 11.7 Å². The van der Waals surface area contributed by atoms with Gasteiger partial charge in [-0.05, 0) is 13.8 Å². The molecule has 3 rings (SSSR count). The van der Waals surface area contributed by atoms with Crippen molar-refractivity contribution in [3.63, 3.8) is 0 Å². The van der Waals surface area contributed by atoms with E-state index in [9.17, 15) is 0 Å². The van der Waals surface area contributed by atoms with Gasteiger partial charge in [0.2, 0.25) is 5.88 Å². The predicted octanol–water partition coefficient (Wildman–Crippen LogP) is 0.839. The van der Waals surface area contributed by atoms with Crippen molar-refractivity contribution in [1.82, 2.24) is 25.4 Å². The van der Waals surface area contributed by atoms with Crippen LogP contribution >= 0.6 is 0 Å². The maximum absolute atomic E-state index is 5.63. The van der Waals surface area contributed by atoms with Crippen LogP contribution in [0, 0.1) is 13.8 Å². The molecule has 3 heterocycles. The van der Waals surface area contributed by atoms with Crippen LogP contribution in [0.1, 0.15) is 23.0 Å². The van der Waals surface area contributed by atoms with E-state index in [1.54, 1.807) is 20.4 Å². The highest BCUT2D eigenvalue weighted by Crippen LogP contribution is 2.34. The number of methoxy groups -OCH3 is 2. The molecule has 0 amide bonds. The molecular formula is C14H20N6O2. The summed E-state index contributed by atoms with van der Waals surface area (Å²) in [5, 5.41) is 10.8. The Hall–Kier alpha value is -2.22. The lowest BCUT2D eigenvalue weighted by atomic mass is 10.0. The molecule has 1 aliphatic rings. The maximum atomic E-state index is 5.63. The van der Waals surface area contributed by atoms with Crippen molar-refractivity contribution in [1.29, 1.82) is 0 Å². The summed E-state index contributed by atoms with van der Waals surface area (Å²) in [4.78, 5) is 11.1. The number of anilines is 1. The van der Waals surface area contributed by atoms with Gasteiger partial charge in [0.15, 0.2) is 0 Å². The van der Waals surface area contributed by atoms with Crippen molar-refractivity contribution >= 4 is 5.82 Å². The van der Waals surface area contributed by atoms with Crippen molar-refractivity contribution < 1.29 is 9.47 Å². The predicted molar refractivity (Wildman–Crippen MR) is 80.2 cm³/mol. The second-order valence-corrected chi connectivity index (χ2v) is 5.41. The summed E-state index contributed by atoms with van der Waals surface area (Å²) in [7, 11) is 3.35. The van der Waals surface area contributed by atoms with Gasteiger partial charge in [0, 0.05) is 20.2 Å². The molecule has 0 aromatic carbocycles. The van der Waals surface area contributed by atoms with Crippen LogP contribution < -0.4 is 9.64 Å². The molecule has 1 fully saturated rings. The second kappa shape index (κ2) is 5.88. The van der Waals surface area contributed by atoms with Crippen LogP contribution in [0.25, 0.3) is 0 Å². The number of H-pyrrole nitrogens is 1. The zero-order valence-electron chi connectivity index (χ0n) is 13.2. The fraction of sp³-hybridized carbons (Fsp3) is 0.571. The van der Waals surface area contributed by atoms with E-state index in [-0.39, 0.29) is 12.0 Å². The van der Waals surface area contributed by atoms with Crippen LogP contribution in [0.4, 0.5) is 5.82 Å². The molecule has 0 unspecified atom stereocenters. The number of ether oxygens (including phenoxy) is 2. The third-order valence-electron chi connectivity index (χ3n) is 4.06. The number of nitrogens with zero attached hydrogens (tertiary/aromatic N) is 5. The first-order valence-electron chi connectivity index (χ1n) is 7.16. The summed E-state index contributed by atoms with van der Waals surface area (Å²) in [6, 6.07) is 0. The first-order chi connectivity index (χ1) is 10.6. The highest BCUT2D eigenvalue weighted by atomic mass is 16.5. The Kier molecular flexibility index (Phi) is 3.93. The number of aromatic nitrogens is 5. The SMILES string of the molecule is COc1nc(C)nc(N2C[C@@H](OC)[C@H](c3cn[nH]n3)C2)c1C. The van der Waals surface area contributed by atoms with Gasteiger partial charge in [0.25, 0.3) is 0 Å². The van der Waals surface area contributed by atoms with Gasteiger partial charge in [0.1, 0.15) is 11.6 Å². The van der Waals surface area contributed by atoms with Crippen LogP contribution in [0.2, 0.25) is 0 Å². The second-order valence-electron chi connectivity index (χ2n) is 5.41. The van der Waals surface area contributed by atoms with E-state index in [1.165, 1.54) is 0 Å². The van der Waals surface area contributed by atoms with E-state index >= 15 is 0 Å². The van der Waals surface area contributed by atoms with Crippen molar-refractivity contribution in [2.45, 2.75) is 25.9 Å². The first-order valence-corrected chi connectivity index (χ1v) is 7.16. The molecule has 1 aliphatic heterocycles. The zero-order valence-corrected chi connectivity index (χ0v) is 13.2. The van der Waals surface area contributed by atoms with Crippen molar-refractivity contribution in [3.05, 3.63) is 23.3 Å². The first kappa shape index (κ1) is 14.7. The molecule has 2 aromatic rings. The Morgan fingerprint density at radius 3 is 2.68 bits per heavy atom. The summed E-state index contributed by atoms with van der Waals surface area (Å²) in [5.41, 5.74) is 1.84. The summed E-state index contributed by atoms with van der Waals surface area (Å²) in [6.45, 7) is 5.35. The highest BCUT2D eigenvalue weighted by Gasteiger charge is 2.37. The Bertz CT molecular complexity index is 645. The van der Waals surface area contributed by atoms with Crippen LogP contribution in [0.3, 0.4) is 0 Å². The number of rotatable bonds is 4. The minimum atomic E-state index is 0.0470. The van der Waals surface area contributed by atoms with E-state index < -0.39 is 0 Å². The van der Waals surface area contributed by atoms with Crippen molar-refractivity contribution in [3.8, 4) is 5.88 Å². The lowest BCUT2D eigenvalue weighted by Gasteiger charge is -2.20. The Labute approximate surface area is 128 Å². The molecule has 2 atom stereocenters. The number of hydrogen-bond donors (Lipinski definition) is 1. The third kappa shape index (κ3) is 2.50. The number of aryl methyl sites for hydroxylation is 1. The minimum absolute atomic E-state index is 0.0470. The van der Waals surface area contributed by atoms with Crippen molar-refractivity contribution in [2.75, 3.05) is 32.2 Å². The normalized spacial score (nSPS) is 21.4. The maximum Gasteiger partial charge on any atom is 0.221 e. The smallest absolute Gasteiger partial charge is 0.221 e. The molecule has 0 radical (unpaired) electrons. The highest BCUT2D eigenvalue weighted by molar-refractivity contribution is 5.52. The molecule has 1 saturated heterocycles. The number of aromatic amines is 1. The standard InChI is InChI=1S/C14H20N6O2/c1-8-13(16-9(2)17-14(8)22-4)20-6-10(12(7-20)21-3)11-5-15-19-18-11/h5,10,12H,6-7H2,1-4H3,(H,15,18,19)/t10-,12+/m0/s1. The zero-order chi connectivity index (χ0) is 15.7. The van der Waals surface area contributed by atoms with Crippen LogP contribution in [0.5, 0.6) is 5.88 Å². The van der Waals surface area contributed by atoms with Crippen molar-refractivity contribution in [2.24, 2.45) is 0 Å². The Balaban J connectivity index is 1.92. The van der Waals surface area contributed by atoms with E-state index in [0.717, 1.165) is 30.2 Å². The van der Waals surface area contributed by atoms with Crippen LogP contribution in [-0.2, 0) is 4.74 Å². The fourth-order valence-corrected chi connectivity index (χ4v) is 2.95. The quantitative estimate of drug-likeness (QED) is 0.895. The molecule has 0 bridgehead atoms. The van der Waals surface area contributed by atoms with Gasteiger partial charge in [-0.3, -0.25) is 0 Å². The molecule has 8 heteroatoms. The molecule has 8 nitrogen and oxygen atoms in total. The van der Waals surface area contributed by atoms with Gasteiger partial charge in [0.05, 0.1) is 36.6 Å². The van der Waals surface area contributed by atoms with Gasteiger partial charge >= 0.3 is 0 Å². The largest absolute Gasteiger partial charge is 0.481 e. The molecule has 0 spiro atoms. The lowest BCUT2D eigenvalue weighted by Crippen LogP contribution is -2.24. The molecule has 2 aromatic heterocycles. The van der Waals surface area contributed by atoms with Gasteiger partial charge in [-0.25, -0.2) is 4.98 Å². The molecular weight excluding hydrogens is 284 g/mol. The fourth-order valence-electron chi connectivity index (χ4n) is 2.95. The Morgan fingerprint density at radius 1 is 1.23 bits per heavy atom. The molecule has 1 N–H and O–H groups in total. The van der Waals surface area contributed by atoms with E-state index in [4.69, 9.17) is 9.47 Å². The van der Waals surface area contributed by atoms with Crippen LogP contribution in [0.15, 0.2) is 6.20 Å². The minimum Gasteiger partial charge on any atom is -0.481 e. The molecule has 118 valence electrons. The molecule has 0 aliphatic carbocycles. The van der Waals surface area contributed by atoms with Gasteiger partial charge in [-0.15, -0.1) is 0 Å². The summed E-state index contributed by atoms with van der Waals surface area (Å²) >= 11 is 0. The average molecular weight is 304 g/mol. The lowest BCUT2D eigenvalue weighted by molar-refractivity contribution is 0.105. The van der Waals surface area contributed by atoms with E-state index in [1.807, 2.05) is 13.8 Å². The molecule has 22 heavy (non-hydrogen) atoms. The monoisotopic (exact) mass is 304 g/mol. The average Bonchev–Trinajstić information content (AvgIpc) is 3.17. The van der Waals surface area contributed by atoms with Gasteiger partial charge in [-0.1, -0.05) is 0 Å². The Morgan fingerprint density at radius 2 is 2.05 bits per heavy atom. The number of hydrogen-bond acceptors (Lipinski definition) is 7. The van der Waals surface area contributed by atoms with Gasteiger partial charge in [-0.2, -0.15) is 20.4 Å². The van der Waals surface area contributed by atoms with Crippen LogP contribution in [-0.4, -0.2) is 58.8 Å². The summed E-state index contributed by atoms with van der Waals surface area (Å²) in [5.74, 6) is 2.35. The van der Waals surface area contributed by atoms with E-state index in [2.05, 4.69) is 30.3 Å². The van der Waals surface area contributed by atoms with Gasteiger partial charge < -0.3 is 14.4 Å². The topological polar surface area (TPSA) is 89.0 Å². The molecule has 0 saturated carbocycles. The number of nitrogens with one attached hydrogen (secondary N) is 1. The summed E-state index contributed by atoms with van der Waals surface area (Å²) < 4.78 is 11.0. The third-order valence-corrected chi connectivity index (χ3v) is 4.06. The summed E-state index contributed by atoms with van der Waals surface area (Å²) in [6.07, 6.45) is 1.80.